The molecule has 0 radical (unpaired) electrons. The van der Waals surface area contributed by atoms with E-state index in [2.05, 4.69) is 10.1 Å². The highest BCUT2D eigenvalue weighted by molar-refractivity contribution is 7.89. The minimum atomic E-state index is -3.40. The van der Waals surface area contributed by atoms with Crippen molar-refractivity contribution in [1.29, 1.82) is 0 Å². The van der Waals surface area contributed by atoms with Crippen LogP contribution in [0.15, 0.2) is 0 Å². The third-order valence-electron chi connectivity index (χ3n) is 4.39. The van der Waals surface area contributed by atoms with Crippen LogP contribution in [0.5, 0.6) is 0 Å². The maximum atomic E-state index is 12.6. The van der Waals surface area contributed by atoms with E-state index >= 15 is 0 Å². The molecule has 1 saturated heterocycles. The smallest absolute Gasteiger partial charge is 0.306 e. The van der Waals surface area contributed by atoms with Crippen molar-refractivity contribution in [2.75, 3.05) is 32.5 Å². The van der Waals surface area contributed by atoms with Crippen LogP contribution in [-0.2, 0) is 19.6 Å². The standard InChI is InChI=1S/C13H24N2O4S/c1-19-12(16)5-10-20(17,18)15-9-8-14-11-13(15)6-3-2-4-7-13/h14H,2-11H2,1H3. The van der Waals surface area contributed by atoms with Crippen LogP contribution in [0.25, 0.3) is 0 Å². The summed E-state index contributed by atoms with van der Waals surface area (Å²) in [6, 6.07) is 0. The van der Waals surface area contributed by atoms with Crippen LogP contribution in [0.4, 0.5) is 0 Å². The van der Waals surface area contributed by atoms with Gasteiger partial charge in [-0.25, -0.2) is 8.42 Å². The van der Waals surface area contributed by atoms with Crippen LogP contribution >= 0.6 is 0 Å². The van der Waals surface area contributed by atoms with Crippen LogP contribution in [0, 0.1) is 0 Å². The van der Waals surface area contributed by atoms with E-state index in [4.69, 9.17) is 0 Å². The van der Waals surface area contributed by atoms with Crippen molar-refractivity contribution in [3.8, 4) is 0 Å². The Bertz CT molecular complexity index is 435. The molecule has 6 nitrogen and oxygen atoms in total. The Labute approximate surface area is 120 Å². The van der Waals surface area contributed by atoms with Gasteiger partial charge in [0.1, 0.15) is 0 Å². The Morgan fingerprint density at radius 1 is 1.30 bits per heavy atom. The van der Waals surface area contributed by atoms with Crippen molar-refractivity contribution < 1.29 is 17.9 Å². The average molecular weight is 304 g/mol. The molecule has 0 aromatic rings. The van der Waals surface area contributed by atoms with Gasteiger partial charge in [0, 0.05) is 25.2 Å². The van der Waals surface area contributed by atoms with E-state index in [9.17, 15) is 13.2 Å². The highest BCUT2D eigenvalue weighted by atomic mass is 32.2. The van der Waals surface area contributed by atoms with E-state index < -0.39 is 16.0 Å². The van der Waals surface area contributed by atoms with Gasteiger partial charge >= 0.3 is 5.97 Å². The number of methoxy groups -OCH3 is 1. The average Bonchev–Trinajstić information content (AvgIpc) is 2.46. The van der Waals surface area contributed by atoms with Gasteiger partial charge in [0.25, 0.3) is 0 Å². The Morgan fingerprint density at radius 2 is 2.00 bits per heavy atom. The van der Waals surface area contributed by atoms with Gasteiger partial charge in [0.05, 0.1) is 19.3 Å². The maximum absolute atomic E-state index is 12.6. The lowest BCUT2D eigenvalue weighted by Crippen LogP contribution is -2.63. The minimum absolute atomic E-state index is 0.0706. The fraction of sp³-hybridized carbons (Fsp3) is 0.923. The van der Waals surface area contributed by atoms with Crippen molar-refractivity contribution >= 4 is 16.0 Å². The van der Waals surface area contributed by atoms with Crippen LogP contribution in [0.1, 0.15) is 38.5 Å². The molecule has 116 valence electrons. The number of sulfonamides is 1. The van der Waals surface area contributed by atoms with Crippen molar-refractivity contribution in [2.24, 2.45) is 0 Å². The Kier molecular flexibility index (Phi) is 5.04. The summed E-state index contributed by atoms with van der Waals surface area (Å²) >= 11 is 0. The first-order valence-corrected chi connectivity index (χ1v) is 8.89. The van der Waals surface area contributed by atoms with E-state index in [0.717, 1.165) is 32.2 Å². The first-order chi connectivity index (χ1) is 9.50. The summed E-state index contributed by atoms with van der Waals surface area (Å²) in [6.45, 7) is 1.91. The zero-order valence-electron chi connectivity index (χ0n) is 12.1. The second-order valence-corrected chi connectivity index (χ2v) is 7.69. The Balaban J connectivity index is 2.12. The van der Waals surface area contributed by atoms with Gasteiger partial charge in [-0.2, -0.15) is 4.31 Å². The normalized spacial score (nSPS) is 23.6. The summed E-state index contributed by atoms with van der Waals surface area (Å²) in [4.78, 5) is 11.2. The summed E-state index contributed by atoms with van der Waals surface area (Å²) < 4.78 is 31.3. The van der Waals surface area contributed by atoms with Crippen LogP contribution < -0.4 is 5.32 Å². The number of esters is 1. The number of ether oxygens (including phenoxy) is 1. The SMILES string of the molecule is COC(=O)CCS(=O)(=O)N1CCNCC12CCCCC2. The molecule has 0 atom stereocenters. The second-order valence-electron chi connectivity index (χ2n) is 5.68. The van der Waals surface area contributed by atoms with Gasteiger partial charge in [-0.3, -0.25) is 4.79 Å². The molecule has 1 saturated carbocycles. The van der Waals surface area contributed by atoms with E-state index in [1.54, 1.807) is 4.31 Å². The van der Waals surface area contributed by atoms with Gasteiger partial charge in [-0.05, 0) is 12.8 Å². The number of rotatable bonds is 4. The van der Waals surface area contributed by atoms with Gasteiger partial charge in [-0.1, -0.05) is 19.3 Å². The molecule has 0 unspecified atom stereocenters. The van der Waals surface area contributed by atoms with Crippen LogP contribution in [0.2, 0.25) is 0 Å². The summed E-state index contributed by atoms with van der Waals surface area (Å²) in [5.74, 6) is -0.622. The largest absolute Gasteiger partial charge is 0.469 e. The topological polar surface area (TPSA) is 75.7 Å². The molecular formula is C13H24N2O4S. The molecule has 7 heteroatoms. The molecule has 2 rings (SSSR count). The number of nitrogens with zero attached hydrogens (tertiary/aromatic N) is 1. The van der Waals surface area contributed by atoms with Gasteiger partial charge in [0.15, 0.2) is 0 Å². The van der Waals surface area contributed by atoms with Crippen molar-refractivity contribution in [2.45, 2.75) is 44.1 Å². The molecule has 0 aromatic heterocycles. The minimum Gasteiger partial charge on any atom is -0.469 e. The Morgan fingerprint density at radius 3 is 2.65 bits per heavy atom. The lowest BCUT2D eigenvalue weighted by Gasteiger charge is -2.48. The summed E-state index contributed by atoms with van der Waals surface area (Å²) in [5, 5.41) is 3.33. The van der Waals surface area contributed by atoms with E-state index in [0.29, 0.717) is 13.1 Å². The highest BCUT2D eigenvalue weighted by Gasteiger charge is 2.45. The molecular weight excluding hydrogens is 280 g/mol. The molecule has 20 heavy (non-hydrogen) atoms. The molecule has 0 aromatic carbocycles. The zero-order chi connectivity index (χ0) is 14.6. The van der Waals surface area contributed by atoms with Crippen molar-refractivity contribution in [3.05, 3.63) is 0 Å². The maximum Gasteiger partial charge on any atom is 0.306 e. The fourth-order valence-corrected chi connectivity index (χ4v) is 5.17. The number of carbonyl (C=O) groups excluding carboxylic acids is 1. The predicted octanol–water partition coefficient (Wildman–Crippen LogP) is 0.487. The molecule has 1 N–H and O–H groups in total. The lowest BCUT2D eigenvalue weighted by molar-refractivity contribution is -0.140. The van der Waals surface area contributed by atoms with Gasteiger partial charge in [-0.15, -0.1) is 0 Å². The molecule has 1 aliphatic heterocycles. The quantitative estimate of drug-likeness (QED) is 0.765. The van der Waals surface area contributed by atoms with Crippen molar-refractivity contribution in [1.82, 2.24) is 9.62 Å². The zero-order valence-corrected chi connectivity index (χ0v) is 12.9. The number of piperazine rings is 1. The first kappa shape index (κ1) is 15.7. The van der Waals surface area contributed by atoms with E-state index in [1.165, 1.54) is 13.5 Å². The fourth-order valence-electron chi connectivity index (χ4n) is 3.32. The number of hydrogen-bond donors (Lipinski definition) is 1. The molecule has 2 fully saturated rings. The molecule has 1 spiro atoms. The summed E-state index contributed by atoms with van der Waals surface area (Å²) in [7, 11) is -2.12. The summed E-state index contributed by atoms with van der Waals surface area (Å²) in [5.41, 5.74) is -0.272. The van der Waals surface area contributed by atoms with Crippen molar-refractivity contribution in [3.63, 3.8) is 0 Å². The molecule has 0 bridgehead atoms. The van der Waals surface area contributed by atoms with E-state index in [1.807, 2.05) is 0 Å². The molecule has 1 aliphatic carbocycles. The van der Waals surface area contributed by atoms with Gasteiger partial charge < -0.3 is 10.1 Å². The highest BCUT2D eigenvalue weighted by Crippen LogP contribution is 2.36. The lowest BCUT2D eigenvalue weighted by atomic mass is 9.80. The monoisotopic (exact) mass is 304 g/mol. The third kappa shape index (κ3) is 3.32. The Hall–Kier alpha value is -0.660. The second kappa shape index (κ2) is 6.41. The number of carbonyl (C=O) groups is 1. The molecule has 2 aliphatic rings. The molecule has 1 heterocycles. The third-order valence-corrected chi connectivity index (χ3v) is 6.35. The predicted molar refractivity (Wildman–Crippen MR) is 75.8 cm³/mol. The van der Waals surface area contributed by atoms with Gasteiger partial charge in [0.2, 0.25) is 10.0 Å². The number of hydrogen-bond acceptors (Lipinski definition) is 5. The first-order valence-electron chi connectivity index (χ1n) is 7.28. The molecule has 0 amide bonds. The van der Waals surface area contributed by atoms with E-state index in [-0.39, 0.29) is 17.7 Å². The van der Waals surface area contributed by atoms with Crippen LogP contribution in [-0.4, -0.2) is 56.7 Å². The number of nitrogens with one attached hydrogen (secondary N) is 1. The van der Waals surface area contributed by atoms with Crippen LogP contribution in [0.3, 0.4) is 0 Å². The summed E-state index contributed by atoms with van der Waals surface area (Å²) in [6.07, 6.45) is 5.08.